The summed E-state index contributed by atoms with van der Waals surface area (Å²) >= 11 is 6.14. The Bertz CT molecular complexity index is 1210. The molecule has 1 N–H and O–H groups in total. The Morgan fingerprint density at radius 2 is 1.78 bits per heavy atom. The van der Waals surface area contributed by atoms with Gasteiger partial charge in [0.1, 0.15) is 5.82 Å². The highest BCUT2D eigenvalue weighted by molar-refractivity contribution is 6.30. The van der Waals surface area contributed by atoms with Gasteiger partial charge in [-0.1, -0.05) is 61.8 Å². The van der Waals surface area contributed by atoms with Crippen LogP contribution in [0.4, 0.5) is 10.1 Å². The van der Waals surface area contributed by atoms with Crippen LogP contribution in [0, 0.1) is 11.7 Å². The fourth-order valence-corrected chi connectivity index (χ4v) is 5.93. The second-order valence-corrected chi connectivity index (χ2v) is 9.68. The second kappa shape index (κ2) is 7.43. The molecule has 2 atom stereocenters. The Balaban J connectivity index is 1.63. The number of fused-ring (bicyclic) bond motifs is 2. The zero-order chi connectivity index (χ0) is 22.7. The predicted octanol–water partition coefficient (Wildman–Crippen LogP) is 5.75. The third-order valence-corrected chi connectivity index (χ3v) is 7.61. The third-order valence-electron chi connectivity index (χ3n) is 7.36. The summed E-state index contributed by atoms with van der Waals surface area (Å²) in [6.45, 7) is 4.58. The lowest BCUT2D eigenvalue weighted by Gasteiger charge is -2.27. The minimum absolute atomic E-state index is 0.0103. The maximum atomic E-state index is 14.4. The molecular weight excluding hydrogens is 425 g/mol. The molecule has 1 heterocycles. The molecule has 2 aliphatic rings. The third kappa shape index (κ3) is 2.86. The Labute approximate surface area is 192 Å². The van der Waals surface area contributed by atoms with Gasteiger partial charge in [-0.2, -0.15) is 0 Å². The number of rotatable bonds is 5. The first kappa shape index (κ1) is 21.2. The molecule has 164 valence electrons. The fourth-order valence-electron chi connectivity index (χ4n) is 5.81. The number of aliphatic hydroxyl groups excluding tert-OH is 1. The lowest BCUT2D eigenvalue weighted by Crippen LogP contribution is -2.38. The van der Waals surface area contributed by atoms with Gasteiger partial charge in [-0.3, -0.25) is 4.79 Å². The van der Waals surface area contributed by atoms with Crippen molar-refractivity contribution in [2.24, 2.45) is 5.92 Å². The monoisotopic (exact) mass is 449 g/mol. The van der Waals surface area contributed by atoms with E-state index in [4.69, 9.17) is 11.6 Å². The zero-order valence-electron chi connectivity index (χ0n) is 18.1. The molecule has 1 spiro atoms. The van der Waals surface area contributed by atoms with E-state index in [0.29, 0.717) is 18.0 Å². The molecule has 1 fully saturated rings. The summed E-state index contributed by atoms with van der Waals surface area (Å²) in [6, 6.07) is 20.0. The van der Waals surface area contributed by atoms with Crippen molar-refractivity contribution in [2.45, 2.75) is 44.2 Å². The normalized spacial score (nSPS) is 23.8. The Hall–Kier alpha value is -2.69. The Morgan fingerprint density at radius 1 is 1.06 bits per heavy atom. The second-order valence-electron chi connectivity index (χ2n) is 9.25. The average Bonchev–Trinajstić information content (AvgIpc) is 3.45. The molecule has 3 aromatic rings. The average molecular weight is 450 g/mol. The van der Waals surface area contributed by atoms with Crippen LogP contribution in [0.1, 0.15) is 42.5 Å². The SMILES string of the molecule is CC(C)[C@@]1(c2ccc(Cl)cc2)C[C@@]12C(=O)N(Cc1cccc(CO)c1)c1ccc(F)cc12. The minimum atomic E-state index is -0.791. The van der Waals surface area contributed by atoms with E-state index >= 15 is 0 Å². The number of halogens is 2. The first-order chi connectivity index (χ1) is 15.3. The van der Waals surface area contributed by atoms with Gasteiger partial charge in [-0.15, -0.1) is 0 Å². The molecule has 0 aromatic heterocycles. The van der Waals surface area contributed by atoms with E-state index in [1.54, 1.807) is 11.0 Å². The van der Waals surface area contributed by atoms with Gasteiger partial charge in [-0.05, 0) is 64.9 Å². The highest BCUT2D eigenvalue weighted by atomic mass is 35.5. The van der Waals surface area contributed by atoms with Gasteiger partial charge in [0.2, 0.25) is 5.91 Å². The van der Waals surface area contributed by atoms with Crippen LogP contribution in [0.15, 0.2) is 66.7 Å². The molecule has 1 aliphatic carbocycles. The first-order valence-corrected chi connectivity index (χ1v) is 11.3. The van der Waals surface area contributed by atoms with Gasteiger partial charge < -0.3 is 10.0 Å². The smallest absolute Gasteiger partial charge is 0.238 e. The summed E-state index contributed by atoms with van der Waals surface area (Å²) in [5, 5.41) is 10.1. The number of hydrogen-bond donors (Lipinski definition) is 1. The number of carbonyl (C=O) groups is 1. The molecule has 3 aromatic carbocycles. The molecule has 0 bridgehead atoms. The zero-order valence-corrected chi connectivity index (χ0v) is 18.9. The number of aliphatic hydroxyl groups is 1. The lowest BCUT2D eigenvalue weighted by molar-refractivity contribution is -0.121. The molecular formula is C27H25ClFNO2. The minimum Gasteiger partial charge on any atom is -0.392 e. The van der Waals surface area contributed by atoms with E-state index < -0.39 is 10.8 Å². The maximum Gasteiger partial charge on any atom is 0.238 e. The quantitative estimate of drug-likeness (QED) is 0.538. The number of carbonyl (C=O) groups excluding carboxylic acids is 1. The molecule has 1 aliphatic heterocycles. The van der Waals surface area contributed by atoms with Crippen LogP contribution in [0.2, 0.25) is 5.02 Å². The van der Waals surface area contributed by atoms with Crippen LogP contribution in [-0.2, 0) is 28.8 Å². The summed E-state index contributed by atoms with van der Waals surface area (Å²) in [5.74, 6) is -0.154. The summed E-state index contributed by atoms with van der Waals surface area (Å²) in [6.07, 6.45) is 0.641. The van der Waals surface area contributed by atoms with Gasteiger partial charge in [-0.25, -0.2) is 4.39 Å². The van der Waals surface area contributed by atoms with Crippen molar-refractivity contribution in [3.8, 4) is 0 Å². The summed E-state index contributed by atoms with van der Waals surface area (Å²) in [7, 11) is 0. The van der Waals surface area contributed by atoms with Crippen LogP contribution >= 0.6 is 11.6 Å². The van der Waals surface area contributed by atoms with E-state index in [1.165, 1.54) is 12.1 Å². The molecule has 1 saturated carbocycles. The van der Waals surface area contributed by atoms with Gasteiger partial charge in [0.15, 0.2) is 0 Å². The van der Waals surface area contributed by atoms with E-state index in [2.05, 4.69) is 13.8 Å². The van der Waals surface area contributed by atoms with E-state index in [1.807, 2.05) is 48.5 Å². The number of hydrogen-bond acceptors (Lipinski definition) is 2. The van der Waals surface area contributed by atoms with Crippen LogP contribution in [0.25, 0.3) is 0 Å². The van der Waals surface area contributed by atoms with Crippen molar-refractivity contribution >= 4 is 23.2 Å². The van der Waals surface area contributed by atoms with Crippen LogP contribution in [-0.4, -0.2) is 11.0 Å². The van der Waals surface area contributed by atoms with E-state index in [0.717, 1.165) is 27.9 Å². The summed E-state index contributed by atoms with van der Waals surface area (Å²) in [4.78, 5) is 15.9. The first-order valence-electron chi connectivity index (χ1n) is 10.9. The molecule has 0 unspecified atom stereocenters. The van der Waals surface area contributed by atoms with Crippen molar-refractivity contribution in [3.05, 3.63) is 99.8 Å². The Morgan fingerprint density at radius 3 is 2.47 bits per heavy atom. The van der Waals surface area contributed by atoms with Crippen molar-refractivity contribution in [1.82, 2.24) is 0 Å². The highest BCUT2D eigenvalue weighted by Crippen LogP contribution is 2.73. The molecule has 5 heteroatoms. The maximum absolute atomic E-state index is 14.4. The molecule has 0 saturated heterocycles. The number of amides is 1. The van der Waals surface area contributed by atoms with Gasteiger partial charge in [0.25, 0.3) is 0 Å². The van der Waals surface area contributed by atoms with Crippen LogP contribution < -0.4 is 4.90 Å². The van der Waals surface area contributed by atoms with Crippen molar-refractivity contribution in [1.29, 1.82) is 0 Å². The molecule has 0 radical (unpaired) electrons. The van der Waals surface area contributed by atoms with Crippen LogP contribution in [0.5, 0.6) is 0 Å². The highest BCUT2D eigenvalue weighted by Gasteiger charge is 2.77. The van der Waals surface area contributed by atoms with Gasteiger partial charge in [0.05, 0.1) is 18.6 Å². The molecule has 3 nitrogen and oxygen atoms in total. The topological polar surface area (TPSA) is 40.5 Å². The van der Waals surface area contributed by atoms with E-state index in [-0.39, 0.29) is 24.2 Å². The van der Waals surface area contributed by atoms with Gasteiger partial charge in [0, 0.05) is 16.1 Å². The van der Waals surface area contributed by atoms with Crippen molar-refractivity contribution < 1.29 is 14.3 Å². The molecule has 1 amide bonds. The number of benzene rings is 3. The number of anilines is 1. The van der Waals surface area contributed by atoms with Gasteiger partial charge >= 0.3 is 0 Å². The lowest BCUT2D eigenvalue weighted by atomic mass is 9.75. The van der Waals surface area contributed by atoms with Crippen molar-refractivity contribution in [2.75, 3.05) is 4.90 Å². The summed E-state index contributed by atoms with van der Waals surface area (Å²) in [5.41, 5.74) is 3.11. The van der Waals surface area contributed by atoms with E-state index in [9.17, 15) is 14.3 Å². The van der Waals surface area contributed by atoms with Crippen LogP contribution in [0.3, 0.4) is 0 Å². The fraction of sp³-hybridized carbons (Fsp3) is 0.296. The van der Waals surface area contributed by atoms with Crippen molar-refractivity contribution in [3.63, 3.8) is 0 Å². The standard InChI is InChI=1S/C27H25ClFNO2/c1-17(2)26(20-6-8-21(28)9-7-20)16-27(26)23-13-22(29)10-11-24(23)30(25(27)32)14-18-4-3-5-19(12-18)15-31/h3-13,17,31H,14-16H2,1-2H3/t26-,27-/m1/s1. The Kier molecular flexibility index (Phi) is 4.92. The molecule has 5 rings (SSSR count). The summed E-state index contributed by atoms with van der Waals surface area (Å²) < 4.78 is 14.4. The number of nitrogens with zero attached hydrogens (tertiary/aromatic N) is 1. The predicted molar refractivity (Wildman–Crippen MR) is 124 cm³/mol. The largest absolute Gasteiger partial charge is 0.392 e. The molecule has 32 heavy (non-hydrogen) atoms.